The molecule has 2 aromatic heterocycles. The van der Waals surface area contributed by atoms with Crippen LogP contribution in [0.4, 0.5) is 0 Å². The molecule has 0 fully saturated rings. The Balaban J connectivity index is 1.82. The number of aromatic nitrogens is 3. The van der Waals surface area contributed by atoms with Gasteiger partial charge in [-0.1, -0.05) is 5.16 Å². The monoisotopic (exact) mass is 406 g/mol. The molecule has 3 rings (SSSR count). The summed E-state index contributed by atoms with van der Waals surface area (Å²) < 4.78 is 17.6. The number of rotatable bonds is 7. The van der Waals surface area contributed by atoms with Crippen molar-refractivity contribution in [2.45, 2.75) is 34.3 Å². The fourth-order valence-electron chi connectivity index (χ4n) is 3.09. The summed E-state index contributed by atoms with van der Waals surface area (Å²) in [5.41, 5.74) is 3.46. The van der Waals surface area contributed by atoms with Gasteiger partial charge < -0.3 is 18.6 Å². The quantitative estimate of drug-likeness (QED) is 0.334. The van der Waals surface area contributed by atoms with Crippen molar-refractivity contribution in [3.63, 3.8) is 0 Å². The smallest absolute Gasteiger partial charge is 0.349 e. The Morgan fingerprint density at radius 2 is 2.00 bits per heavy atom. The van der Waals surface area contributed by atoms with E-state index in [0.717, 1.165) is 28.4 Å². The standard InChI is InChI=1S/C22H22N4O4/c1-5-28-20-8-6-19(7-9-20)26-14(2)10-17(15(26)3)11-18(12-23)22(27)29-13-21-24-16(4)25-30-21/h6-11H,5,13H2,1-4H3/b18-11+. The van der Waals surface area contributed by atoms with Gasteiger partial charge in [-0.3, -0.25) is 0 Å². The van der Waals surface area contributed by atoms with Gasteiger partial charge in [0.2, 0.25) is 0 Å². The molecule has 154 valence electrons. The Labute approximate surface area is 174 Å². The average Bonchev–Trinajstić information content (AvgIpc) is 3.27. The van der Waals surface area contributed by atoms with Crippen LogP contribution in [-0.4, -0.2) is 27.3 Å². The van der Waals surface area contributed by atoms with E-state index in [-0.39, 0.29) is 18.1 Å². The van der Waals surface area contributed by atoms with Crippen LogP contribution >= 0.6 is 0 Å². The van der Waals surface area contributed by atoms with E-state index < -0.39 is 5.97 Å². The molecule has 0 aliphatic carbocycles. The van der Waals surface area contributed by atoms with Crippen LogP contribution < -0.4 is 4.74 Å². The lowest BCUT2D eigenvalue weighted by Crippen LogP contribution is -2.07. The van der Waals surface area contributed by atoms with Crippen LogP contribution in [0.5, 0.6) is 5.75 Å². The number of esters is 1. The number of benzene rings is 1. The van der Waals surface area contributed by atoms with E-state index in [1.54, 1.807) is 6.92 Å². The SMILES string of the molecule is CCOc1ccc(-n2c(C)cc(/C=C(\C#N)C(=O)OCc3nc(C)no3)c2C)cc1. The fraction of sp³-hybridized carbons (Fsp3) is 0.273. The minimum atomic E-state index is -0.751. The summed E-state index contributed by atoms with van der Waals surface area (Å²) in [5, 5.41) is 13.1. The first kappa shape index (κ1) is 20.9. The summed E-state index contributed by atoms with van der Waals surface area (Å²) in [7, 11) is 0. The fourth-order valence-corrected chi connectivity index (χ4v) is 3.09. The molecule has 3 aromatic rings. The minimum absolute atomic E-state index is 0.113. The van der Waals surface area contributed by atoms with Crippen molar-refractivity contribution in [1.82, 2.24) is 14.7 Å². The Morgan fingerprint density at radius 1 is 1.27 bits per heavy atom. The molecule has 0 radical (unpaired) electrons. The second kappa shape index (κ2) is 9.09. The molecule has 0 N–H and O–H groups in total. The predicted molar refractivity (Wildman–Crippen MR) is 109 cm³/mol. The van der Waals surface area contributed by atoms with E-state index in [1.807, 2.05) is 61.7 Å². The van der Waals surface area contributed by atoms with Gasteiger partial charge in [-0.15, -0.1) is 0 Å². The Hall–Kier alpha value is -3.86. The maximum absolute atomic E-state index is 12.3. The second-order valence-corrected chi connectivity index (χ2v) is 6.57. The number of carbonyl (C=O) groups excluding carboxylic acids is 1. The topological polar surface area (TPSA) is 103 Å². The third kappa shape index (κ3) is 4.58. The second-order valence-electron chi connectivity index (χ2n) is 6.57. The van der Waals surface area contributed by atoms with Crippen molar-refractivity contribution in [2.24, 2.45) is 0 Å². The lowest BCUT2D eigenvalue weighted by molar-refractivity contribution is -0.140. The van der Waals surface area contributed by atoms with Crippen LogP contribution in [0.15, 0.2) is 40.4 Å². The zero-order valence-electron chi connectivity index (χ0n) is 17.3. The lowest BCUT2D eigenvalue weighted by atomic mass is 10.1. The predicted octanol–water partition coefficient (Wildman–Crippen LogP) is 3.83. The molecule has 0 amide bonds. The first-order valence-corrected chi connectivity index (χ1v) is 9.43. The van der Waals surface area contributed by atoms with E-state index in [9.17, 15) is 10.1 Å². The van der Waals surface area contributed by atoms with E-state index in [2.05, 4.69) is 10.1 Å². The highest BCUT2D eigenvalue weighted by atomic mass is 16.6. The zero-order valence-corrected chi connectivity index (χ0v) is 17.3. The summed E-state index contributed by atoms with van der Waals surface area (Å²) >= 11 is 0. The van der Waals surface area contributed by atoms with Crippen molar-refractivity contribution >= 4 is 12.0 Å². The van der Waals surface area contributed by atoms with Crippen molar-refractivity contribution in [3.8, 4) is 17.5 Å². The highest BCUT2D eigenvalue weighted by molar-refractivity contribution is 5.98. The van der Waals surface area contributed by atoms with Gasteiger partial charge in [0, 0.05) is 17.1 Å². The molecule has 8 heteroatoms. The van der Waals surface area contributed by atoms with Gasteiger partial charge in [-0.25, -0.2) is 4.79 Å². The van der Waals surface area contributed by atoms with Crippen LogP contribution in [0.1, 0.15) is 35.6 Å². The van der Waals surface area contributed by atoms with Crippen LogP contribution in [0.25, 0.3) is 11.8 Å². The molecule has 2 heterocycles. The van der Waals surface area contributed by atoms with Crippen LogP contribution in [-0.2, 0) is 16.1 Å². The largest absolute Gasteiger partial charge is 0.494 e. The van der Waals surface area contributed by atoms with Gasteiger partial charge in [0.05, 0.1) is 6.61 Å². The molecule has 1 aromatic carbocycles. The highest BCUT2D eigenvalue weighted by Gasteiger charge is 2.16. The molecular formula is C22H22N4O4. The lowest BCUT2D eigenvalue weighted by Gasteiger charge is -2.11. The van der Waals surface area contributed by atoms with Crippen LogP contribution in [0, 0.1) is 32.1 Å². The summed E-state index contributed by atoms with van der Waals surface area (Å²) in [6.45, 7) is 7.90. The molecule has 0 unspecified atom stereocenters. The normalized spacial score (nSPS) is 11.2. The molecule has 0 aliphatic heterocycles. The number of aryl methyl sites for hydroxylation is 2. The molecule has 0 saturated heterocycles. The van der Waals surface area contributed by atoms with Gasteiger partial charge in [0.25, 0.3) is 5.89 Å². The summed E-state index contributed by atoms with van der Waals surface area (Å²) in [4.78, 5) is 16.3. The van der Waals surface area contributed by atoms with Crippen molar-refractivity contribution in [3.05, 3.63) is 64.6 Å². The molecule has 8 nitrogen and oxygen atoms in total. The van der Waals surface area contributed by atoms with Gasteiger partial charge in [0.1, 0.15) is 17.4 Å². The maximum atomic E-state index is 12.3. The molecule has 30 heavy (non-hydrogen) atoms. The highest BCUT2D eigenvalue weighted by Crippen LogP contribution is 2.24. The van der Waals surface area contributed by atoms with E-state index >= 15 is 0 Å². The zero-order chi connectivity index (χ0) is 21.7. The van der Waals surface area contributed by atoms with E-state index in [4.69, 9.17) is 14.0 Å². The molecular weight excluding hydrogens is 384 g/mol. The third-order valence-corrected chi connectivity index (χ3v) is 4.41. The minimum Gasteiger partial charge on any atom is -0.494 e. The Morgan fingerprint density at radius 3 is 2.60 bits per heavy atom. The van der Waals surface area contributed by atoms with Crippen LogP contribution in [0.2, 0.25) is 0 Å². The first-order chi connectivity index (χ1) is 14.4. The molecule has 0 saturated carbocycles. The summed E-state index contributed by atoms with van der Waals surface area (Å²) in [6.07, 6.45) is 1.52. The Kier molecular flexibility index (Phi) is 6.32. The van der Waals surface area contributed by atoms with E-state index in [0.29, 0.717) is 12.4 Å². The van der Waals surface area contributed by atoms with E-state index in [1.165, 1.54) is 6.08 Å². The van der Waals surface area contributed by atoms with Gasteiger partial charge in [-0.05, 0) is 69.7 Å². The molecule has 0 atom stereocenters. The van der Waals surface area contributed by atoms with Gasteiger partial charge >= 0.3 is 5.97 Å². The summed E-state index contributed by atoms with van der Waals surface area (Å²) in [5.74, 6) is 0.666. The van der Waals surface area contributed by atoms with Crippen molar-refractivity contribution in [1.29, 1.82) is 5.26 Å². The third-order valence-electron chi connectivity index (χ3n) is 4.41. The number of hydrogen-bond donors (Lipinski definition) is 0. The number of nitrogens with zero attached hydrogens (tertiary/aromatic N) is 4. The van der Waals surface area contributed by atoms with Gasteiger partial charge in [0.15, 0.2) is 12.4 Å². The average molecular weight is 406 g/mol. The summed E-state index contributed by atoms with van der Waals surface area (Å²) in [6, 6.07) is 11.6. The number of carbonyl (C=O) groups is 1. The van der Waals surface area contributed by atoms with Crippen molar-refractivity contribution in [2.75, 3.05) is 6.61 Å². The number of nitriles is 1. The van der Waals surface area contributed by atoms with Crippen molar-refractivity contribution < 1.29 is 18.8 Å². The maximum Gasteiger partial charge on any atom is 0.349 e. The molecule has 0 bridgehead atoms. The molecule has 0 aliphatic rings. The number of hydrogen-bond acceptors (Lipinski definition) is 7. The first-order valence-electron chi connectivity index (χ1n) is 9.43. The van der Waals surface area contributed by atoms with Gasteiger partial charge in [-0.2, -0.15) is 10.2 Å². The Bertz CT molecular complexity index is 1120. The van der Waals surface area contributed by atoms with Crippen LogP contribution in [0.3, 0.4) is 0 Å². The molecule has 0 spiro atoms. The number of ether oxygens (including phenoxy) is 2.